The minimum Gasteiger partial charge on any atom is -0.465 e. The third-order valence-electron chi connectivity index (χ3n) is 1.51. The molecule has 0 atom stereocenters. The van der Waals surface area contributed by atoms with E-state index in [4.69, 9.17) is 5.73 Å². The number of nitrogens with zero attached hydrogens (tertiary/aromatic N) is 1. The van der Waals surface area contributed by atoms with Crippen LogP contribution in [0.4, 0.5) is 5.82 Å². The smallest absolute Gasteiger partial charge is 0.339 e. The molecule has 13 heavy (non-hydrogen) atoms. The number of carbonyl (C=O) groups excluding carboxylic acids is 1. The van der Waals surface area contributed by atoms with Crippen molar-refractivity contribution in [2.75, 3.05) is 12.8 Å². The number of ether oxygens (including phenoxy) is 1. The minimum atomic E-state index is -0.502. The van der Waals surface area contributed by atoms with E-state index >= 15 is 0 Å². The number of aromatic nitrogens is 1. The van der Waals surface area contributed by atoms with Crippen LogP contribution in [0.25, 0.3) is 5.57 Å². The number of hydrogen-bond donors (Lipinski definition) is 1. The van der Waals surface area contributed by atoms with E-state index in [1.54, 1.807) is 18.2 Å². The lowest BCUT2D eigenvalue weighted by atomic mass is 10.2. The highest BCUT2D eigenvalue weighted by molar-refractivity contribution is 6.14. The summed E-state index contributed by atoms with van der Waals surface area (Å²) in [6.07, 6.45) is 0. The summed E-state index contributed by atoms with van der Waals surface area (Å²) < 4.78 is 4.49. The van der Waals surface area contributed by atoms with Crippen molar-refractivity contribution in [2.24, 2.45) is 0 Å². The van der Waals surface area contributed by atoms with Crippen molar-refractivity contribution in [3.63, 3.8) is 0 Å². The first kappa shape index (κ1) is 9.25. The maximum Gasteiger partial charge on any atom is 0.339 e. The van der Waals surface area contributed by atoms with Crippen molar-refractivity contribution < 1.29 is 9.53 Å². The maximum absolute atomic E-state index is 11.0. The second-order valence-corrected chi connectivity index (χ2v) is 2.42. The number of methoxy groups -OCH3 is 1. The van der Waals surface area contributed by atoms with Gasteiger partial charge < -0.3 is 10.5 Å². The zero-order chi connectivity index (χ0) is 9.84. The lowest BCUT2D eigenvalue weighted by Gasteiger charge is -2.02. The van der Waals surface area contributed by atoms with Crippen LogP contribution in [-0.4, -0.2) is 18.1 Å². The molecule has 0 radical (unpaired) electrons. The Hall–Kier alpha value is -1.84. The van der Waals surface area contributed by atoms with Crippen LogP contribution in [0.5, 0.6) is 0 Å². The fourth-order valence-corrected chi connectivity index (χ4v) is 0.847. The highest BCUT2D eigenvalue weighted by Gasteiger charge is 2.10. The van der Waals surface area contributed by atoms with Gasteiger partial charge in [-0.05, 0) is 12.1 Å². The van der Waals surface area contributed by atoms with Gasteiger partial charge in [-0.3, -0.25) is 0 Å². The van der Waals surface area contributed by atoms with Crippen molar-refractivity contribution in [3.05, 3.63) is 30.5 Å². The highest BCUT2D eigenvalue weighted by Crippen LogP contribution is 2.11. The molecule has 1 rings (SSSR count). The topological polar surface area (TPSA) is 65.2 Å². The molecule has 2 N–H and O–H groups in total. The molecule has 0 unspecified atom stereocenters. The zero-order valence-corrected chi connectivity index (χ0v) is 7.28. The molecular weight excluding hydrogens is 168 g/mol. The van der Waals surface area contributed by atoms with Gasteiger partial charge in [0.05, 0.1) is 18.4 Å². The van der Waals surface area contributed by atoms with Crippen molar-refractivity contribution in [1.82, 2.24) is 4.98 Å². The maximum atomic E-state index is 11.0. The van der Waals surface area contributed by atoms with Gasteiger partial charge in [-0.15, -0.1) is 0 Å². The molecule has 4 nitrogen and oxygen atoms in total. The van der Waals surface area contributed by atoms with Crippen LogP contribution >= 0.6 is 0 Å². The van der Waals surface area contributed by atoms with Gasteiger partial charge in [-0.1, -0.05) is 12.6 Å². The molecular formula is C9H10N2O2. The summed E-state index contributed by atoms with van der Waals surface area (Å²) in [5.41, 5.74) is 6.07. The molecule has 0 aliphatic heterocycles. The van der Waals surface area contributed by atoms with Crippen molar-refractivity contribution in [2.45, 2.75) is 0 Å². The standard InChI is InChI=1S/C9H10N2O2/c1-6(9(12)13-2)7-4-3-5-8(10)11-7/h3-5H,1H2,2H3,(H2,10,11). The average molecular weight is 178 g/mol. The van der Waals surface area contributed by atoms with E-state index < -0.39 is 5.97 Å². The normalized spacial score (nSPS) is 9.31. The molecule has 0 spiro atoms. The summed E-state index contributed by atoms with van der Waals surface area (Å²) in [4.78, 5) is 14.9. The van der Waals surface area contributed by atoms with E-state index in [0.717, 1.165) is 0 Å². The van der Waals surface area contributed by atoms with Gasteiger partial charge in [0.2, 0.25) is 0 Å². The molecule has 1 heterocycles. The van der Waals surface area contributed by atoms with Crippen molar-refractivity contribution in [3.8, 4) is 0 Å². The molecule has 0 amide bonds. The molecule has 0 aliphatic carbocycles. The van der Waals surface area contributed by atoms with Crippen molar-refractivity contribution >= 4 is 17.4 Å². The number of hydrogen-bond acceptors (Lipinski definition) is 4. The third-order valence-corrected chi connectivity index (χ3v) is 1.51. The van der Waals surface area contributed by atoms with Crippen LogP contribution in [0.3, 0.4) is 0 Å². The largest absolute Gasteiger partial charge is 0.465 e. The van der Waals surface area contributed by atoms with Gasteiger partial charge >= 0.3 is 5.97 Å². The predicted molar refractivity (Wildman–Crippen MR) is 49.7 cm³/mol. The second-order valence-electron chi connectivity index (χ2n) is 2.42. The Morgan fingerprint density at radius 2 is 2.31 bits per heavy atom. The Balaban J connectivity index is 2.95. The minimum absolute atomic E-state index is 0.204. The third kappa shape index (κ3) is 2.05. The summed E-state index contributed by atoms with van der Waals surface area (Å²) in [5.74, 6) is -0.152. The Kier molecular flexibility index (Phi) is 2.64. The van der Waals surface area contributed by atoms with Gasteiger partial charge in [0.1, 0.15) is 5.82 Å². The van der Waals surface area contributed by atoms with Gasteiger partial charge in [0, 0.05) is 0 Å². The number of nitrogen functional groups attached to an aromatic ring is 1. The van der Waals surface area contributed by atoms with E-state index in [9.17, 15) is 4.79 Å². The first-order valence-corrected chi connectivity index (χ1v) is 3.65. The highest BCUT2D eigenvalue weighted by atomic mass is 16.5. The summed E-state index contributed by atoms with van der Waals surface area (Å²) in [6.45, 7) is 3.54. The molecule has 1 aromatic heterocycles. The molecule has 1 aromatic rings. The van der Waals surface area contributed by atoms with Gasteiger partial charge in [-0.25, -0.2) is 9.78 Å². The number of nitrogens with two attached hydrogens (primary N) is 1. The quantitative estimate of drug-likeness (QED) is 0.538. The number of esters is 1. The predicted octanol–water partition coefficient (Wildman–Crippen LogP) is 0.850. The fourth-order valence-electron chi connectivity index (χ4n) is 0.847. The van der Waals surface area contributed by atoms with E-state index in [0.29, 0.717) is 11.5 Å². The summed E-state index contributed by atoms with van der Waals surface area (Å²) >= 11 is 0. The molecule has 68 valence electrons. The van der Waals surface area contributed by atoms with E-state index in [2.05, 4.69) is 16.3 Å². The lowest BCUT2D eigenvalue weighted by Crippen LogP contribution is -2.05. The second kappa shape index (κ2) is 3.71. The number of pyridine rings is 1. The molecule has 0 fully saturated rings. The van der Waals surface area contributed by atoms with Crippen LogP contribution in [0.1, 0.15) is 5.69 Å². The van der Waals surface area contributed by atoms with Gasteiger partial charge in [0.15, 0.2) is 0 Å². The van der Waals surface area contributed by atoms with E-state index in [-0.39, 0.29) is 5.57 Å². The number of rotatable bonds is 2. The summed E-state index contributed by atoms with van der Waals surface area (Å²) in [7, 11) is 1.29. The number of anilines is 1. The first-order chi connectivity index (χ1) is 6.15. The Morgan fingerprint density at radius 3 is 2.85 bits per heavy atom. The van der Waals surface area contributed by atoms with Crippen molar-refractivity contribution in [1.29, 1.82) is 0 Å². The van der Waals surface area contributed by atoms with Gasteiger partial charge in [-0.2, -0.15) is 0 Å². The molecule has 0 aromatic carbocycles. The average Bonchev–Trinajstić information content (AvgIpc) is 2.15. The summed E-state index contributed by atoms with van der Waals surface area (Å²) in [5, 5.41) is 0. The van der Waals surface area contributed by atoms with Crippen LogP contribution in [0, 0.1) is 0 Å². The van der Waals surface area contributed by atoms with Crippen LogP contribution in [-0.2, 0) is 9.53 Å². The van der Waals surface area contributed by atoms with E-state index in [1.807, 2.05) is 0 Å². The molecule has 0 bridgehead atoms. The Labute approximate surface area is 76.0 Å². The Bertz CT molecular complexity index is 347. The fraction of sp³-hybridized carbons (Fsp3) is 0.111. The van der Waals surface area contributed by atoms with E-state index in [1.165, 1.54) is 7.11 Å². The van der Waals surface area contributed by atoms with Crippen LogP contribution in [0.15, 0.2) is 24.8 Å². The van der Waals surface area contributed by atoms with Gasteiger partial charge in [0.25, 0.3) is 0 Å². The Morgan fingerprint density at radius 1 is 1.62 bits per heavy atom. The number of carbonyl (C=O) groups is 1. The molecule has 0 saturated heterocycles. The monoisotopic (exact) mass is 178 g/mol. The SMILES string of the molecule is C=C(C(=O)OC)c1cccc(N)n1. The summed E-state index contributed by atoms with van der Waals surface area (Å²) in [6, 6.07) is 4.98. The van der Waals surface area contributed by atoms with Crippen LogP contribution < -0.4 is 5.73 Å². The lowest BCUT2D eigenvalue weighted by molar-refractivity contribution is -0.133. The van der Waals surface area contributed by atoms with Crippen LogP contribution in [0.2, 0.25) is 0 Å². The molecule has 0 aliphatic rings. The zero-order valence-electron chi connectivity index (χ0n) is 7.28. The first-order valence-electron chi connectivity index (χ1n) is 3.65. The molecule has 0 saturated carbocycles. The molecule has 4 heteroatoms.